The fraction of sp³-hybridized carbons (Fsp3) is 0.457. The van der Waals surface area contributed by atoms with Gasteiger partial charge in [-0.25, -0.2) is 14.6 Å². The first-order valence-corrected chi connectivity index (χ1v) is 21.3. The van der Waals surface area contributed by atoms with Crippen molar-refractivity contribution in [2.75, 3.05) is 58.1 Å². The number of H-pyrrole nitrogens is 1. The number of hydrogen-bond acceptors (Lipinski definition) is 10. The topological polar surface area (TPSA) is 193 Å². The lowest BCUT2D eigenvalue weighted by molar-refractivity contribution is -0.139. The number of amides is 4. The number of aromatic amines is 1. The van der Waals surface area contributed by atoms with Crippen LogP contribution in [-0.2, 0) is 23.8 Å². The Balaban J connectivity index is 1.23. The Kier molecular flexibility index (Phi) is 14.9. The van der Waals surface area contributed by atoms with E-state index in [0.29, 0.717) is 43.1 Å². The first-order chi connectivity index (χ1) is 30.1. The number of methoxy groups -OCH3 is 2. The maximum absolute atomic E-state index is 14.0. The van der Waals surface area contributed by atoms with Gasteiger partial charge >= 0.3 is 18.8 Å². The quantitative estimate of drug-likeness (QED) is 0.0580. The smallest absolute Gasteiger partial charge is 0.407 e. The number of aromatic nitrogens is 2. The molecule has 17 heteroatoms. The number of alkyl carbamates (subject to hydrolysis) is 2. The molecule has 4 unspecified atom stereocenters. The molecule has 0 spiro atoms. The van der Waals surface area contributed by atoms with Crippen molar-refractivity contribution in [3.05, 3.63) is 66.5 Å². The molecule has 4 atom stereocenters. The van der Waals surface area contributed by atoms with E-state index in [0.717, 1.165) is 50.3 Å². The van der Waals surface area contributed by atoms with Gasteiger partial charge in [0.1, 0.15) is 17.9 Å². The molecule has 6 rings (SSSR count). The second-order valence-electron chi connectivity index (χ2n) is 16.7. The summed E-state index contributed by atoms with van der Waals surface area (Å²) in [6, 6.07) is 17.9. The van der Waals surface area contributed by atoms with Crippen LogP contribution in [0, 0.1) is 17.8 Å². The summed E-state index contributed by atoms with van der Waals surface area (Å²) in [6.45, 7) is 7.69. The second-order valence-corrected chi connectivity index (χ2v) is 16.7. The van der Waals surface area contributed by atoms with Crippen LogP contribution >= 0.6 is 0 Å². The van der Waals surface area contributed by atoms with Crippen LogP contribution in [0.5, 0.6) is 0 Å². The Labute approximate surface area is 365 Å². The van der Waals surface area contributed by atoms with Crippen molar-refractivity contribution in [2.45, 2.75) is 72.2 Å². The minimum atomic E-state index is -2.94. The summed E-state index contributed by atoms with van der Waals surface area (Å²) in [5.74, 6) is -0.839. The van der Waals surface area contributed by atoms with E-state index in [1.165, 1.54) is 14.2 Å². The highest BCUT2D eigenvalue weighted by molar-refractivity contribution is 6.06. The highest BCUT2D eigenvalue weighted by Crippen LogP contribution is 2.39. The maximum atomic E-state index is 14.0. The van der Waals surface area contributed by atoms with Crippen molar-refractivity contribution in [1.82, 2.24) is 30.4 Å². The largest absolute Gasteiger partial charge is 0.453 e. The van der Waals surface area contributed by atoms with Gasteiger partial charge in [-0.15, -0.1) is 0 Å². The van der Waals surface area contributed by atoms with E-state index >= 15 is 0 Å². The number of nitrogens with two attached hydrogens (primary N) is 1. The summed E-state index contributed by atoms with van der Waals surface area (Å²) in [5, 5.41) is 12.5. The number of carbonyl (C=O) groups is 4. The van der Waals surface area contributed by atoms with Gasteiger partial charge in [0.2, 0.25) is 11.8 Å². The summed E-state index contributed by atoms with van der Waals surface area (Å²) >= 11 is 0. The maximum Gasteiger partial charge on any atom is 0.407 e. The van der Waals surface area contributed by atoms with Gasteiger partial charge in [-0.05, 0) is 70.8 Å². The zero-order valence-electron chi connectivity index (χ0n) is 36.8. The number of halogens is 2. The van der Waals surface area contributed by atoms with Crippen LogP contribution in [0.15, 0.2) is 60.7 Å². The average Bonchev–Trinajstić information content (AvgIpc) is 3.91. The average molecular weight is 873 g/mol. The lowest BCUT2D eigenvalue weighted by Crippen LogP contribution is -2.52. The first-order valence-electron chi connectivity index (χ1n) is 21.3. The number of alkyl halides is 2. The molecule has 0 aliphatic carbocycles. The highest BCUT2D eigenvalue weighted by atomic mass is 19.3. The lowest BCUT2D eigenvalue weighted by Gasteiger charge is -2.30. The van der Waals surface area contributed by atoms with Gasteiger partial charge in [0.05, 0.1) is 49.3 Å². The normalized spacial score (nSPS) is 16.2. The fourth-order valence-corrected chi connectivity index (χ4v) is 8.33. The van der Waals surface area contributed by atoms with Crippen LogP contribution in [0.25, 0.3) is 43.7 Å². The molecule has 63 heavy (non-hydrogen) atoms. The number of nitrogens with zero attached hydrogens (tertiary/aromatic N) is 3. The third-order valence-corrected chi connectivity index (χ3v) is 11.6. The van der Waals surface area contributed by atoms with Gasteiger partial charge in [0.25, 0.3) is 0 Å². The van der Waals surface area contributed by atoms with Gasteiger partial charge in [-0.3, -0.25) is 9.59 Å². The Morgan fingerprint density at radius 3 is 2.11 bits per heavy atom. The van der Waals surface area contributed by atoms with Crippen LogP contribution in [-0.4, -0.2) is 109 Å². The number of fused-ring (bicyclic) bond motifs is 4. The molecule has 6 N–H and O–H groups in total. The van der Waals surface area contributed by atoms with Crippen molar-refractivity contribution in [1.29, 1.82) is 0 Å². The Morgan fingerprint density at radius 1 is 0.873 bits per heavy atom. The first kappa shape index (κ1) is 46.3. The molecule has 4 amide bonds. The number of nitrogens with one attached hydrogen (secondary N) is 4. The summed E-state index contributed by atoms with van der Waals surface area (Å²) in [5.41, 5.74) is 11.2. The van der Waals surface area contributed by atoms with Crippen molar-refractivity contribution in [3.63, 3.8) is 0 Å². The number of carbonyl (C=O) groups excluding carboxylic acids is 4. The molecule has 1 fully saturated rings. The van der Waals surface area contributed by atoms with Crippen LogP contribution in [0.3, 0.4) is 0 Å². The zero-order valence-corrected chi connectivity index (χ0v) is 36.8. The minimum absolute atomic E-state index is 0.136. The molecule has 1 aliphatic rings. The molecule has 338 valence electrons. The molecule has 0 saturated carbocycles. The summed E-state index contributed by atoms with van der Waals surface area (Å²) in [4.78, 5) is 63.4. The van der Waals surface area contributed by atoms with Gasteiger partial charge in [0, 0.05) is 42.9 Å². The van der Waals surface area contributed by atoms with Crippen molar-refractivity contribution in [3.8, 4) is 11.1 Å². The highest BCUT2D eigenvalue weighted by Gasteiger charge is 2.42. The molecule has 1 aromatic heterocycles. The predicted molar refractivity (Wildman–Crippen MR) is 239 cm³/mol. The molecule has 15 nitrogen and oxygen atoms in total. The van der Waals surface area contributed by atoms with Crippen LogP contribution in [0.1, 0.15) is 59.3 Å². The molecule has 1 aliphatic heterocycles. The van der Waals surface area contributed by atoms with E-state index in [2.05, 4.69) is 37.8 Å². The fourth-order valence-electron chi connectivity index (χ4n) is 8.33. The van der Waals surface area contributed by atoms with E-state index in [9.17, 15) is 28.0 Å². The molecule has 2 heterocycles. The van der Waals surface area contributed by atoms with Crippen molar-refractivity contribution < 1.29 is 42.2 Å². The van der Waals surface area contributed by atoms with Crippen LogP contribution in [0.2, 0.25) is 0 Å². The Hall–Kier alpha value is -6.23. The number of anilines is 2. The number of nitrogen functional groups attached to an aromatic ring is 1. The van der Waals surface area contributed by atoms with Crippen molar-refractivity contribution >= 4 is 68.0 Å². The summed E-state index contributed by atoms with van der Waals surface area (Å²) in [7, 11) is 2.49. The predicted octanol–water partition coefficient (Wildman–Crippen LogP) is 7.66. The van der Waals surface area contributed by atoms with Gasteiger partial charge in [-0.2, -0.15) is 8.78 Å². The Morgan fingerprint density at radius 2 is 1.49 bits per heavy atom. The van der Waals surface area contributed by atoms with Gasteiger partial charge in [0.15, 0.2) is 0 Å². The number of hydrogen-bond donors (Lipinski definition) is 5. The van der Waals surface area contributed by atoms with E-state index in [4.69, 9.17) is 20.2 Å². The number of likely N-dealkylation sites (tertiary alicyclic amines) is 1. The molecule has 0 radical (unpaired) electrons. The standard InChI is InChI=1S/C46H58F2N8O7/c1-8-18-55(42(57)37(25(2)3)53-45(59)61-6)19-17-50-39-32-13-9-28(21-30(32)11-15-34(39)49)29-10-14-33-31(22-29)12-16-35-40(33)52-41(51-35)36-20-27(24-63-44(47)48)23-56(36)43(58)38(26(4)5)54-46(60)62-7/h9-16,21-22,25-27,36-38,44,50H,8,17-20,23-24,49H2,1-7H3,(H,51,52)(H,53,59)(H,54,60). The SMILES string of the molecule is CCCN(CCNc1c(N)ccc2cc(-c3ccc4c(ccc5[nH]c(C6CC(COC(F)F)CN6C(=O)C(NC(=O)OC)C(C)C)nc54)c3)ccc12)C(=O)C(NC(=O)OC)C(C)C. The van der Waals surface area contributed by atoms with Gasteiger partial charge < -0.3 is 50.7 Å². The molecule has 1 saturated heterocycles. The third-order valence-electron chi connectivity index (χ3n) is 11.6. The van der Waals surface area contributed by atoms with E-state index < -0.39 is 36.9 Å². The molecule has 4 aromatic carbocycles. The Bertz CT molecular complexity index is 2440. The number of imidazole rings is 1. The van der Waals surface area contributed by atoms with Crippen molar-refractivity contribution in [2.24, 2.45) is 17.8 Å². The van der Waals surface area contributed by atoms with E-state index in [-0.39, 0.29) is 42.7 Å². The van der Waals surface area contributed by atoms with E-state index in [1.54, 1.807) is 23.6 Å². The van der Waals surface area contributed by atoms with Crippen LogP contribution in [0.4, 0.5) is 29.7 Å². The summed E-state index contributed by atoms with van der Waals surface area (Å²) in [6.07, 6.45) is -0.313. The van der Waals surface area contributed by atoms with Crippen LogP contribution < -0.4 is 21.7 Å². The third kappa shape index (κ3) is 10.5. The second kappa shape index (κ2) is 20.3. The van der Waals surface area contributed by atoms with Gasteiger partial charge in [-0.1, -0.05) is 71.0 Å². The number of ether oxygens (including phenoxy) is 3. The minimum Gasteiger partial charge on any atom is -0.453 e. The molecular weight excluding hydrogens is 815 g/mol. The zero-order chi connectivity index (χ0) is 45.5. The number of benzene rings is 4. The lowest BCUT2D eigenvalue weighted by atomic mass is 9.97. The summed E-state index contributed by atoms with van der Waals surface area (Å²) < 4.78 is 40.3. The molecule has 0 bridgehead atoms. The number of rotatable bonds is 17. The monoisotopic (exact) mass is 872 g/mol. The molecule has 5 aromatic rings. The molecular formula is C46H58F2N8O7. The van der Waals surface area contributed by atoms with E-state index in [1.807, 2.05) is 69.3 Å².